The number of ether oxygens (including phenoxy) is 2. The highest BCUT2D eigenvalue weighted by Crippen LogP contribution is 2.68. The van der Waals surface area contributed by atoms with Crippen molar-refractivity contribution in [1.29, 1.82) is 0 Å². The number of benzene rings is 2. The highest BCUT2D eigenvalue weighted by Gasteiger charge is 2.69. The number of carboxylic acid groups (broad SMARTS) is 1. The number of likely N-dealkylation sites (tertiary alicyclic amines) is 1. The lowest BCUT2D eigenvalue weighted by Gasteiger charge is -2.43. The molecule has 4 aliphatic rings. The lowest BCUT2D eigenvalue weighted by molar-refractivity contribution is -0.141. The van der Waals surface area contributed by atoms with Crippen LogP contribution < -0.4 is 24.8 Å². The van der Waals surface area contributed by atoms with Gasteiger partial charge in [0, 0.05) is 34.7 Å². The number of aromatic nitrogens is 1. The van der Waals surface area contributed by atoms with E-state index in [9.17, 15) is 32.4 Å². The first-order valence-electron chi connectivity index (χ1n) is 17.1. The molecular weight excluding hydrogens is 733 g/mol. The molecule has 1 saturated heterocycles. The Morgan fingerprint density at radius 3 is 2.42 bits per heavy atom. The van der Waals surface area contributed by atoms with Gasteiger partial charge in [-0.2, -0.15) is 0 Å². The van der Waals surface area contributed by atoms with Gasteiger partial charge in [0.25, 0.3) is 5.91 Å². The van der Waals surface area contributed by atoms with Gasteiger partial charge in [-0.1, -0.05) is 23.8 Å². The van der Waals surface area contributed by atoms with E-state index in [0.717, 1.165) is 33.2 Å². The van der Waals surface area contributed by atoms with E-state index in [1.165, 1.54) is 29.2 Å². The lowest BCUT2D eigenvalue weighted by atomic mass is 9.68. The Morgan fingerprint density at radius 1 is 1.00 bits per heavy atom. The third kappa shape index (κ3) is 6.74. The van der Waals surface area contributed by atoms with Crippen LogP contribution in [0.3, 0.4) is 0 Å². The Labute approximate surface area is 307 Å². The van der Waals surface area contributed by atoms with Crippen LogP contribution in [0.25, 0.3) is 0 Å². The van der Waals surface area contributed by atoms with Crippen LogP contribution in [0.2, 0.25) is 0 Å². The number of nitrogens with zero attached hydrogens (tertiary/aromatic N) is 1. The fourth-order valence-electron chi connectivity index (χ4n) is 8.57. The number of unbranched alkanes of at least 4 members (excludes halogenated alkanes) is 2. The second-order valence-electron chi connectivity index (χ2n) is 13.5. The summed E-state index contributed by atoms with van der Waals surface area (Å²) in [6.07, 6.45) is 2.48. The number of aromatic amines is 1. The number of thiazole rings is 1. The molecule has 1 aromatic heterocycles. The summed E-state index contributed by atoms with van der Waals surface area (Å²) in [5, 5.41) is 17.5. The molecule has 0 radical (unpaired) electrons. The number of rotatable bonds is 14. The number of hydrogen-bond acceptors (Lipinski definition) is 11. The number of aliphatic carboxylic acids is 1. The van der Waals surface area contributed by atoms with Crippen molar-refractivity contribution in [1.82, 2.24) is 9.88 Å². The van der Waals surface area contributed by atoms with Gasteiger partial charge in [-0.3, -0.25) is 28.9 Å². The third-order valence-corrected chi connectivity index (χ3v) is 14.1. The van der Waals surface area contributed by atoms with Crippen LogP contribution in [0, 0.1) is 29.6 Å². The molecule has 17 heteroatoms. The molecule has 52 heavy (non-hydrogen) atoms. The Hall–Kier alpha value is -4.19. The number of hydrogen-bond donors (Lipinski definition) is 4. The van der Waals surface area contributed by atoms with Gasteiger partial charge in [0.1, 0.15) is 0 Å². The Kier molecular flexibility index (Phi) is 9.97. The Balaban J connectivity index is 1.10. The number of amides is 3. The number of imide groups is 1. The van der Waals surface area contributed by atoms with Crippen LogP contribution in [0.4, 0.5) is 5.69 Å². The van der Waals surface area contributed by atoms with Crippen molar-refractivity contribution in [2.75, 3.05) is 25.1 Å². The van der Waals surface area contributed by atoms with Gasteiger partial charge in [-0.15, -0.1) is 11.8 Å². The zero-order valence-corrected chi connectivity index (χ0v) is 30.6. The zero-order chi connectivity index (χ0) is 36.9. The molecule has 7 rings (SSSR count). The van der Waals surface area contributed by atoms with E-state index in [-0.39, 0.29) is 63.5 Å². The molecule has 5 N–H and O–H groups in total. The number of primary sulfonamides is 1. The number of carboxylic acids is 1. The second kappa shape index (κ2) is 14.3. The van der Waals surface area contributed by atoms with Crippen LogP contribution in [0.5, 0.6) is 11.5 Å². The van der Waals surface area contributed by atoms with Crippen molar-refractivity contribution in [3.05, 3.63) is 62.6 Å². The van der Waals surface area contributed by atoms with Gasteiger partial charge < -0.3 is 24.9 Å². The summed E-state index contributed by atoms with van der Waals surface area (Å²) in [6.45, 7) is 2.07. The summed E-state index contributed by atoms with van der Waals surface area (Å²) >= 11 is 2.76. The van der Waals surface area contributed by atoms with Crippen molar-refractivity contribution in [2.24, 2.45) is 34.7 Å². The highest BCUT2D eigenvalue weighted by atomic mass is 32.2. The molecule has 2 saturated carbocycles. The normalized spacial score (nSPS) is 25.8. The molecule has 276 valence electrons. The summed E-state index contributed by atoms with van der Waals surface area (Å²) in [5.41, 5.74) is 1.24. The largest absolute Gasteiger partial charge is 0.490 e. The zero-order valence-electron chi connectivity index (χ0n) is 28.1. The minimum atomic E-state index is -3.87. The van der Waals surface area contributed by atoms with Gasteiger partial charge in [-0.05, 0) is 85.9 Å². The number of nitrogens with one attached hydrogen (secondary N) is 2. The fourth-order valence-corrected chi connectivity index (χ4v) is 12.0. The van der Waals surface area contributed by atoms with Crippen LogP contribution in [-0.2, 0) is 29.2 Å². The van der Waals surface area contributed by atoms with Gasteiger partial charge in [0.2, 0.25) is 21.8 Å². The van der Waals surface area contributed by atoms with E-state index in [2.05, 4.69) is 10.3 Å². The fraction of sp³-hybridized carbons (Fsp3) is 0.457. The lowest BCUT2D eigenvalue weighted by Crippen LogP contribution is -2.42. The summed E-state index contributed by atoms with van der Waals surface area (Å²) in [4.78, 5) is 68.9. The molecule has 7 atom stereocenters. The van der Waals surface area contributed by atoms with Crippen LogP contribution in [0.15, 0.2) is 57.2 Å². The number of carbonyl (C=O) groups excluding carboxylic acids is 3. The van der Waals surface area contributed by atoms with Crippen LogP contribution in [-0.4, -0.2) is 72.1 Å². The molecule has 2 aliphatic heterocycles. The van der Waals surface area contributed by atoms with E-state index in [1.54, 1.807) is 17.8 Å². The van der Waals surface area contributed by atoms with Crippen molar-refractivity contribution in [3.63, 3.8) is 0 Å². The predicted octanol–water partition coefficient (Wildman–Crippen LogP) is 3.62. The van der Waals surface area contributed by atoms with Crippen molar-refractivity contribution in [3.8, 4) is 11.5 Å². The van der Waals surface area contributed by atoms with Gasteiger partial charge in [0.15, 0.2) is 18.1 Å². The average molecular weight is 771 g/mol. The highest BCUT2D eigenvalue weighted by molar-refractivity contribution is 8.00. The molecule has 2 aromatic carbocycles. The standard InChI is InChI=1S/C35H38N4O10S3/c1-2-48-23-14-17(7-12-22(23)49-16-24(40)37-18-8-10-19(11-9-18)52(36,46)47)26-27-20-15-21(30(27)50-32-31(26)51-35(45)38-32)29-28(20)33(43)39(34(29)44)13-5-3-4-6-25(41)42/h7-12,14,20-21,26-30H,2-6,13,15-16H2,1H3,(H,37,40)(H,38,45)(H,41,42)(H2,36,46,47)/t20?,21?,26-,27?,28?,29?,30?/m1/s1. The number of anilines is 1. The Morgan fingerprint density at radius 2 is 1.73 bits per heavy atom. The van der Waals surface area contributed by atoms with E-state index in [4.69, 9.17) is 19.7 Å². The van der Waals surface area contributed by atoms with Gasteiger partial charge >= 0.3 is 10.8 Å². The maximum atomic E-state index is 13.9. The van der Waals surface area contributed by atoms with Gasteiger partial charge in [-0.25, -0.2) is 13.6 Å². The second-order valence-corrected chi connectivity index (χ2v) is 17.3. The van der Waals surface area contributed by atoms with E-state index in [0.29, 0.717) is 49.6 Å². The molecule has 14 nitrogen and oxygen atoms in total. The van der Waals surface area contributed by atoms with E-state index in [1.807, 2.05) is 19.1 Å². The molecule has 6 unspecified atom stereocenters. The molecule has 2 bridgehead atoms. The molecule has 3 amide bonds. The van der Waals surface area contributed by atoms with Crippen LogP contribution in [0.1, 0.15) is 55.4 Å². The van der Waals surface area contributed by atoms with Gasteiger partial charge in [0.05, 0.1) is 28.4 Å². The number of carbonyl (C=O) groups is 4. The topological polar surface area (TPSA) is 215 Å². The quantitative estimate of drug-likeness (QED) is 0.137. The first kappa shape index (κ1) is 36.2. The SMILES string of the molecule is CCOc1cc([C@H]2c3sc(=O)[nH]c3SC3C4CC(C5C(=O)N(CCCCCC(=O)O)C(=O)C45)C32)ccc1OCC(=O)Nc1ccc(S(N)(=O)=O)cc1. The molecule has 2 aliphatic carbocycles. The first-order chi connectivity index (χ1) is 24.8. The number of fused-ring (bicyclic) bond motifs is 9. The summed E-state index contributed by atoms with van der Waals surface area (Å²) in [7, 11) is -3.87. The summed E-state index contributed by atoms with van der Waals surface area (Å²) < 4.78 is 34.9. The van der Waals surface area contributed by atoms with Crippen LogP contribution >= 0.6 is 23.1 Å². The summed E-state index contributed by atoms with van der Waals surface area (Å²) in [6, 6.07) is 10.9. The third-order valence-electron chi connectivity index (χ3n) is 10.5. The minimum absolute atomic E-state index is 0.00968. The number of nitrogens with two attached hydrogens (primary N) is 1. The molecule has 3 fully saturated rings. The smallest absolute Gasteiger partial charge is 0.305 e. The molecule has 3 aromatic rings. The number of sulfonamides is 1. The minimum Gasteiger partial charge on any atom is -0.490 e. The maximum absolute atomic E-state index is 13.9. The maximum Gasteiger partial charge on any atom is 0.305 e. The van der Waals surface area contributed by atoms with Crippen molar-refractivity contribution < 1.29 is 42.2 Å². The predicted molar refractivity (Wildman–Crippen MR) is 191 cm³/mol. The van der Waals surface area contributed by atoms with Crippen molar-refractivity contribution in [2.45, 2.75) is 60.1 Å². The van der Waals surface area contributed by atoms with E-state index >= 15 is 0 Å². The molecule has 3 heterocycles. The monoisotopic (exact) mass is 770 g/mol. The number of thioether (sulfide) groups is 1. The number of H-pyrrole nitrogens is 1. The summed E-state index contributed by atoms with van der Waals surface area (Å²) in [5.74, 6) is -2.06. The van der Waals surface area contributed by atoms with Crippen molar-refractivity contribution >= 4 is 62.5 Å². The Bertz CT molecular complexity index is 2080. The first-order valence-corrected chi connectivity index (χ1v) is 20.4. The molecule has 0 spiro atoms. The average Bonchev–Trinajstić information content (AvgIpc) is 3.83. The molecular formula is C35H38N4O10S3. The van der Waals surface area contributed by atoms with E-state index < -0.39 is 33.7 Å².